The number of nitrogens with zero attached hydrogens (tertiary/aromatic N) is 7. The summed E-state index contributed by atoms with van der Waals surface area (Å²) in [4.78, 5) is 58.8. The van der Waals surface area contributed by atoms with Crippen molar-refractivity contribution in [2.24, 2.45) is 0 Å². The number of halogens is 1. The lowest BCUT2D eigenvalue weighted by atomic mass is 9.90. The van der Waals surface area contributed by atoms with Crippen molar-refractivity contribution < 1.29 is 23.9 Å². The van der Waals surface area contributed by atoms with Crippen LogP contribution < -0.4 is 19.9 Å². The van der Waals surface area contributed by atoms with Gasteiger partial charge in [-0.05, 0) is 100 Å². The number of fused-ring (bicyclic) bond motifs is 1. The highest BCUT2D eigenvalue weighted by molar-refractivity contribution is 6.32. The summed E-state index contributed by atoms with van der Waals surface area (Å²) in [7, 11) is 0. The number of carbonyl (C=O) groups excluding carboxylic acids is 4. The van der Waals surface area contributed by atoms with Gasteiger partial charge in [0.1, 0.15) is 18.2 Å². The average Bonchev–Trinajstić information content (AvgIpc) is 3.96. The minimum absolute atomic E-state index is 0.0835. The maximum Gasteiger partial charge on any atom is 0.262 e. The highest BCUT2D eigenvalue weighted by Crippen LogP contribution is 2.49. The molecular formula is C45H51ClN8O5. The van der Waals surface area contributed by atoms with E-state index in [-0.39, 0.29) is 30.4 Å². The smallest absolute Gasteiger partial charge is 0.262 e. The van der Waals surface area contributed by atoms with Gasteiger partial charge < -0.3 is 14.5 Å². The van der Waals surface area contributed by atoms with Crippen molar-refractivity contribution in [3.8, 4) is 11.9 Å². The second-order valence-electron chi connectivity index (χ2n) is 17.3. The van der Waals surface area contributed by atoms with Crippen LogP contribution in [-0.2, 0) is 9.59 Å². The van der Waals surface area contributed by atoms with Gasteiger partial charge in [-0.25, -0.2) is 0 Å². The van der Waals surface area contributed by atoms with Crippen molar-refractivity contribution in [1.82, 2.24) is 25.3 Å². The zero-order valence-electron chi connectivity index (χ0n) is 33.4. The van der Waals surface area contributed by atoms with E-state index in [1.54, 1.807) is 12.1 Å². The summed E-state index contributed by atoms with van der Waals surface area (Å²) in [5, 5.41) is 21.4. The fourth-order valence-corrected chi connectivity index (χ4v) is 10.2. The lowest BCUT2D eigenvalue weighted by molar-refractivity contribution is -0.136. The monoisotopic (exact) mass is 818 g/mol. The summed E-state index contributed by atoms with van der Waals surface area (Å²) in [5.41, 5.74) is 4.44. The van der Waals surface area contributed by atoms with Crippen molar-refractivity contribution in [2.45, 2.75) is 120 Å². The minimum Gasteiger partial charge on any atom is -0.473 e. The van der Waals surface area contributed by atoms with Crippen molar-refractivity contribution >= 4 is 46.6 Å². The highest BCUT2D eigenvalue weighted by atomic mass is 35.5. The Morgan fingerprint density at radius 1 is 0.780 bits per heavy atom. The van der Waals surface area contributed by atoms with Crippen LogP contribution in [0, 0.1) is 11.3 Å². The van der Waals surface area contributed by atoms with Crippen LogP contribution >= 0.6 is 11.6 Å². The molecule has 1 aromatic heterocycles. The Kier molecular flexibility index (Phi) is 11.0. The normalized spacial score (nSPS) is 24.5. The molecule has 5 aliphatic heterocycles. The second kappa shape index (κ2) is 16.5. The van der Waals surface area contributed by atoms with Gasteiger partial charge in [0.25, 0.3) is 11.8 Å². The molecule has 13 nitrogen and oxygen atoms in total. The van der Waals surface area contributed by atoms with Crippen LogP contribution in [0.1, 0.15) is 128 Å². The number of aromatic nitrogens is 2. The van der Waals surface area contributed by atoms with Crippen LogP contribution in [0.5, 0.6) is 5.88 Å². The molecule has 9 rings (SSSR count). The number of anilines is 2. The summed E-state index contributed by atoms with van der Waals surface area (Å²) < 4.78 is 6.36. The molecule has 2 atom stereocenters. The number of nitrogens with one attached hydrogen (secondary N) is 1. The number of ether oxygens (including phenoxy) is 1. The number of rotatable bonds is 7. The number of nitriles is 1. The average molecular weight is 819 g/mol. The number of likely N-dealkylation sites (tertiary alicyclic amines) is 1. The van der Waals surface area contributed by atoms with E-state index in [2.05, 4.69) is 43.3 Å². The molecule has 6 heterocycles. The van der Waals surface area contributed by atoms with Crippen molar-refractivity contribution in [1.29, 1.82) is 5.26 Å². The third-order valence-electron chi connectivity index (χ3n) is 13.7. The first-order chi connectivity index (χ1) is 28.7. The van der Waals surface area contributed by atoms with Crippen LogP contribution in [0.4, 0.5) is 11.4 Å². The summed E-state index contributed by atoms with van der Waals surface area (Å²) in [6.45, 7) is 4.47. The predicted octanol–water partition coefficient (Wildman–Crippen LogP) is 6.39. The molecule has 6 aliphatic rings. The molecule has 5 fully saturated rings. The van der Waals surface area contributed by atoms with Crippen LogP contribution in [0.2, 0.25) is 5.02 Å². The largest absolute Gasteiger partial charge is 0.473 e. The molecule has 1 N–H and O–H groups in total. The van der Waals surface area contributed by atoms with Crippen molar-refractivity contribution in [3.05, 3.63) is 75.9 Å². The number of hydrogen-bond acceptors (Lipinski definition) is 11. The fraction of sp³-hybridized carbons (Fsp3) is 0.533. The van der Waals surface area contributed by atoms with Gasteiger partial charge in [-0.15, -0.1) is 5.10 Å². The molecule has 4 amide bonds. The third-order valence-corrected chi connectivity index (χ3v) is 14.0. The molecule has 59 heavy (non-hydrogen) atoms. The maximum absolute atomic E-state index is 13.3. The summed E-state index contributed by atoms with van der Waals surface area (Å²) >= 11 is 6.48. The SMILES string of the molecule is N#Cc1ccc(N2CCCCC(c3ccc(OC4CCN(C5CN(c6ccc7c(c6)C(=O)N(C6CCC(=O)NC6=O)C7=O)C5)CC4)nn3)CCCCCC23CC3)cc1Cl. The number of imide groups is 2. The van der Waals surface area contributed by atoms with E-state index in [9.17, 15) is 24.4 Å². The number of benzene rings is 2. The zero-order chi connectivity index (χ0) is 40.7. The molecule has 1 spiro atoms. The Labute approximate surface area is 350 Å². The van der Waals surface area contributed by atoms with E-state index in [1.165, 1.54) is 38.5 Å². The Bertz CT molecular complexity index is 2160. The predicted molar refractivity (Wildman–Crippen MR) is 222 cm³/mol. The van der Waals surface area contributed by atoms with E-state index < -0.39 is 23.8 Å². The molecule has 0 radical (unpaired) electrons. The number of piperidine rings is 2. The Morgan fingerprint density at radius 3 is 2.25 bits per heavy atom. The Morgan fingerprint density at radius 2 is 1.54 bits per heavy atom. The van der Waals surface area contributed by atoms with E-state index in [1.807, 2.05) is 24.3 Å². The maximum atomic E-state index is 13.3. The third kappa shape index (κ3) is 8.01. The van der Waals surface area contributed by atoms with Gasteiger partial charge in [-0.3, -0.25) is 34.3 Å². The van der Waals surface area contributed by atoms with E-state index in [0.717, 1.165) is 93.2 Å². The molecule has 3 aromatic rings. The molecule has 308 valence electrons. The Hall–Kier alpha value is -5.06. The number of hydrogen-bond donors (Lipinski definition) is 1. The van der Waals surface area contributed by atoms with Crippen LogP contribution in [0.25, 0.3) is 0 Å². The van der Waals surface area contributed by atoms with E-state index in [4.69, 9.17) is 21.4 Å². The molecule has 2 aromatic carbocycles. The van der Waals surface area contributed by atoms with Crippen LogP contribution in [0.3, 0.4) is 0 Å². The first kappa shape index (κ1) is 39.4. The highest BCUT2D eigenvalue weighted by Gasteiger charge is 2.48. The zero-order valence-corrected chi connectivity index (χ0v) is 34.2. The van der Waals surface area contributed by atoms with Crippen molar-refractivity contribution in [3.63, 3.8) is 0 Å². The quantitative estimate of drug-likeness (QED) is 0.264. The second-order valence-corrected chi connectivity index (χ2v) is 17.7. The molecule has 1 aliphatic carbocycles. The summed E-state index contributed by atoms with van der Waals surface area (Å²) in [6.07, 6.45) is 13.8. The van der Waals surface area contributed by atoms with Gasteiger partial charge in [0, 0.05) is 74.1 Å². The Balaban J connectivity index is 0.738. The molecule has 0 bridgehead atoms. The van der Waals surface area contributed by atoms with Gasteiger partial charge in [0.05, 0.1) is 27.4 Å². The minimum atomic E-state index is -0.969. The molecule has 14 heteroatoms. The van der Waals surface area contributed by atoms with Gasteiger partial charge >= 0.3 is 0 Å². The number of amides is 4. The summed E-state index contributed by atoms with van der Waals surface area (Å²) in [6, 6.07) is 17.0. The molecule has 4 saturated heterocycles. The lowest BCUT2D eigenvalue weighted by Gasteiger charge is -2.48. The summed E-state index contributed by atoms with van der Waals surface area (Å²) in [5.74, 6) is -1.00. The van der Waals surface area contributed by atoms with Gasteiger partial charge in [-0.1, -0.05) is 37.3 Å². The topological polar surface area (TPSA) is 152 Å². The van der Waals surface area contributed by atoms with Crippen LogP contribution in [-0.4, -0.2) is 100 Å². The van der Waals surface area contributed by atoms with Gasteiger partial charge in [0.2, 0.25) is 17.7 Å². The standard InChI is InChI=1S/C45H51ClN8O5/c46-37-25-32(9-8-30(37)26-47)53-21-5-3-7-29(6-2-1-4-18-45(53)19-20-45)38-12-15-41(50-49-38)59-34-16-22-51(23-17-34)33-27-52(28-33)31-10-11-35-36(24-31)44(58)54(43(35)57)39-13-14-40(55)48-42(39)56/h8-12,15,24-25,29,33-34,39H,1-7,13-14,16-23,27-28H2,(H,48,55,56). The fourth-order valence-electron chi connectivity index (χ4n) is 10.0. The van der Waals surface area contributed by atoms with Gasteiger partial charge in [-0.2, -0.15) is 10.4 Å². The molecular weight excluding hydrogens is 768 g/mol. The first-order valence-electron chi connectivity index (χ1n) is 21.5. The number of carbonyl (C=O) groups is 4. The van der Waals surface area contributed by atoms with Gasteiger partial charge in [0.15, 0.2) is 0 Å². The molecule has 1 saturated carbocycles. The van der Waals surface area contributed by atoms with E-state index >= 15 is 0 Å². The lowest BCUT2D eigenvalue weighted by Crippen LogP contribution is -2.61. The first-order valence-corrected chi connectivity index (χ1v) is 21.9. The van der Waals surface area contributed by atoms with E-state index in [0.29, 0.717) is 39.6 Å². The molecule has 2 unspecified atom stereocenters. The van der Waals surface area contributed by atoms with Crippen molar-refractivity contribution in [2.75, 3.05) is 42.5 Å². The van der Waals surface area contributed by atoms with Crippen LogP contribution in [0.15, 0.2) is 48.5 Å².